The maximum Gasteiger partial charge on any atom is 0.220 e. The van der Waals surface area contributed by atoms with Gasteiger partial charge in [-0.25, -0.2) is 0 Å². The van der Waals surface area contributed by atoms with Crippen molar-refractivity contribution in [3.63, 3.8) is 0 Å². The highest BCUT2D eigenvalue weighted by atomic mass is 31.1. The van der Waals surface area contributed by atoms with Gasteiger partial charge in [-0.15, -0.1) is 0 Å². The number of carbonyl (C=O) groups excluding carboxylic acids is 1. The average Bonchev–Trinajstić information content (AvgIpc) is 2.46. The molecule has 0 amide bonds. The van der Waals surface area contributed by atoms with E-state index in [0.717, 1.165) is 5.56 Å². The minimum Gasteiger partial charge on any atom is -0.331 e. The van der Waals surface area contributed by atoms with Gasteiger partial charge in [0.15, 0.2) is 5.78 Å². The first kappa shape index (κ1) is 13.7. The van der Waals surface area contributed by atoms with Gasteiger partial charge in [0.05, 0.1) is 0 Å². The maximum absolute atomic E-state index is 12.3. The molecular formula is C15H15O3P. The largest absolute Gasteiger partial charge is 0.331 e. The summed E-state index contributed by atoms with van der Waals surface area (Å²) in [6.07, 6.45) is 0. The van der Waals surface area contributed by atoms with Gasteiger partial charge in [-0.2, -0.15) is 0 Å². The Morgan fingerprint density at radius 3 is 2.26 bits per heavy atom. The SMILES string of the molecule is CO[PH](=O)c1ccc(C(=O)c2ccccc2C)cc1. The monoisotopic (exact) mass is 274 g/mol. The van der Waals surface area contributed by atoms with Crippen molar-refractivity contribution in [1.29, 1.82) is 0 Å². The van der Waals surface area contributed by atoms with E-state index in [0.29, 0.717) is 16.4 Å². The first-order valence-electron chi connectivity index (χ1n) is 5.92. The molecule has 1 unspecified atom stereocenters. The summed E-state index contributed by atoms with van der Waals surface area (Å²) in [4.78, 5) is 12.3. The molecule has 4 heteroatoms. The van der Waals surface area contributed by atoms with Crippen LogP contribution in [0, 0.1) is 6.92 Å². The van der Waals surface area contributed by atoms with Gasteiger partial charge in [-0.1, -0.05) is 36.4 Å². The molecule has 0 aliphatic rings. The van der Waals surface area contributed by atoms with Crippen molar-refractivity contribution in [2.45, 2.75) is 6.92 Å². The van der Waals surface area contributed by atoms with E-state index in [-0.39, 0.29) is 5.78 Å². The van der Waals surface area contributed by atoms with Crippen molar-refractivity contribution in [2.75, 3.05) is 7.11 Å². The third-order valence-electron chi connectivity index (χ3n) is 2.96. The minimum atomic E-state index is -2.18. The average molecular weight is 274 g/mol. The van der Waals surface area contributed by atoms with Crippen molar-refractivity contribution in [1.82, 2.24) is 0 Å². The zero-order valence-electron chi connectivity index (χ0n) is 10.8. The second-order valence-corrected chi connectivity index (χ2v) is 5.77. The number of carbonyl (C=O) groups is 1. The summed E-state index contributed by atoms with van der Waals surface area (Å²) in [5, 5.41) is 0.619. The highest BCUT2D eigenvalue weighted by molar-refractivity contribution is 7.48. The van der Waals surface area contributed by atoms with E-state index in [1.54, 1.807) is 24.3 Å². The summed E-state index contributed by atoms with van der Waals surface area (Å²) in [7, 11) is -0.771. The van der Waals surface area contributed by atoms with Crippen LogP contribution in [0.4, 0.5) is 0 Å². The van der Waals surface area contributed by atoms with E-state index in [2.05, 4.69) is 0 Å². The highest BCUT2D eigenvalue weighted by Crippen LogP contribution is 2.20. The van der Waals surface area contributed by atoms with Crippen LogP contribution >= 0.6 is 8.03 Å². The number of ketones is 1. The molecule has 0 aliphatic heterocycles. The second-order valence-electron chi connectivity index (χ2n) is 4.21. The van der Waals surface area contributed by atoms with Crippen LogP contribution in [0.2, 0.25) is 0 Å². The molecule has 0 aliphatic carbocycles. The lowest BCUT2D eigenvalue weighted by molar-refractivity contribution is 0.103. The molecule has 2 aromatic rings. The lowest BCUT2D eigenvalue weighted by Gasteiger charge is -2.05. The van der Waals surface area contributed by atoms with Crippen molar-refractivity contribution in [3.05, 3.63) is 65.2 Å². The predicted molar refractivity (Wildman–Crippen MR) is 76.7 cm³/mol. The highest BCUT2D eigenvalue weighted by Gasteiger charge is 2.11. The molecule has 0 saturated carbocycles. The van der Waals surface area contributed by atoms with Crippen LogP contribution in [-0.4, -0.2) is 12.9 Å². The molecule has 3 nitrogen and oxygen atoms in total. The van der Waals surface area contributed by atoms with E-state index in [9.17, 15) is 9.36 Å². The van der Waals surface area contributed by atoms with E-state index in [1.165, 1.54) is 7.11 Å². The Morgan fingerprint density at radius 2 is 1.68 bits per heavy atom. The van der Waals surface area contributed by atoms with Crippen molar-refractivity contribution < 1.29 is 13.9 Å². The lowest BCUT2D eigenvalue weighted by Crippen LogP contribution is -2.05. The lowest BCUT2D eigenvalue weighted by atomic mass is 9.99. The Morgan fingerprint density at radius 1 is 1.05 bits per heavy atom. The molecule has 2 aromatic carbocycles. The molecule has 1 atom stereocenters. The van der Waals surface area contributed by atoms with Crippen molar-refractivity contribution >= 4 is 19.1 Å². The first-order chi connectivity index (χ1) is 9.13. The molecule has 0 radical (unpaired) electrons. The fraction of sp³-hybridized carbons (Fsp3) is 0.133. The van der Waals surface area contributed by atoms with E-state index >= 15 is 0 Å². The topological polar surface area (TPSA) is 43.4 Å². The smallest absolute Gasteiger partial charge is 0.220 e. The van der Waals surface area contributed by atoms with Gasteiger partial charge in [-0.05, 0) is 24.6 Å². The zero-order valence-corrected chi connectivity index (χ0v) is 11.8. The number of hydrogen-bond donors (Lipinski definition) is 0. The molecule has 2 rings (SSSR count). The quantitative estimate of drug-likeness (QED) is 0.636. The third-order valence-corrected chi connectivity index (χ3v) is 4.13. The summed E-state index contributed by atoms with van der Waals surface area (Å²) < 4.78 is 16.3. The van der Waals surface area contributed by atoms with Gasteiger partial charge < -0.3 is 4.52 Å². The van der Waals surface area contributed by atoms with Gasteiger partial charge in [0.1, 0.15) is 0 Å². The van der Waals surface area contributed by atoms with Gasteiger partial charge in [0, 0.05) is 23.5 Å². The van der Waals surface area contributed by atoms with E-state index < -0.39 is 8.03 Å². The van der Waals surface area contributed by atoms with Gasteiger partial charge in [0.25, 0.3) is 0 Å². The molecule has 19 heavy (non-hydrogen) atoms. The first-order valence-corrected chi connectivity index (χ1v) is 7.24. The molecule has 0 fully saturated rings. The Hall–Kier alpha value is -1.70. The van der Waals surface area contributed by atoms with E-state index in [1.807, 2.05) is 31.2 Å². The molecule has 98 valence electrons. The molecular weight excluding hydrogens is 259 g/mol. The van der Waals surface area contributed by atoms with Gasteiger partial charge in [-0.3, -0.25) is 9.36 Å². The Bertz CT molecular complexity index is 618. The molecule has 0 bridgehead atoms. The van der Waals surface area contributed by atoms with Gasteiger partial charge in [0.2, 0.25) is 8.03 Å². The summed E-state index contributed by atoms with van der Waals surface area (Å²) in [5.41, 5.74) is 2.22. The zero-order chi connectivity index (χ0) is 13.8. The Labute approximate surface area is 113 Å². The molecule has 0 aromatic heterocycles. The Balaban J connectivity index is 2.31. The summed E-state index contributed by atoms with van der Waals surface area (Å²) in [5.74, 6) is -0.0262. The summed E-state index contributed by atoms with van der Waals surface area (Å²) in [6.45, 7) is 1.91. The maximum atomic E-state index is 12.3. The van der Waals surface area contributed by atoms with Crippen LogP contribution in [0.15, 0.2) is 48.5 Å². The number of benzene rings is 2. The van der Waals surface area contributed by atoms with Gasteiger partial charge >= 0.3 is 0 Å². The molecule has 0 saturated heterocycles. The summed E-state index contributed by atoms with van der Waals surface area (Å²) >= 11 is 0. The molecule has 0 heterocycles. The van der Waals surface area contributed by atoms with Crippen LogP contribution in [0.25, 0.3) is 0 Å². The number of aryl methyl sites for hydroxylation is 1. The fourth-order valence-corrected chi connectivity index (χ4v) is 2.53. The summed E-state index contributed by atoms with van der Waals surface area (Å²) in [6, 6.07) is 14.2. The predicted octanol–water partition coefficient (Wildman–Crippen LogP) is 2.97. The second kappa shape index (κ2) is 5.96. The minimum absolute atomic E-state index is 0.0262. The standard InChI is InChI=1S/C15H15O3P/c1-11-5-3-4-6-14(11)15(16)12-7-9-13(10-8-12)19(17)18-2/h3-10,19H,1-2H3. The third kappa shape index (κ3) is 3.01. The number of rotatable bonds is 4. The Kier molecular flexibility index (Phi) is 4.31. The van der Waals surface area contributed by atoms with Crippen LogP contribution in [0.1, 0.15) is 21.5 Å². The van der Waals surface area contributed by atoms with E-state index in [4.69, 9.17) is 4.52 Å². The van der Waals surface area contributed by atoms with Crippen LogP contribution in [0.5, 0.6) is 0 Å². The molecule has 0 N–H and O–H groups in total. The fourth-order valence-electron chi connectivity index (χ4n) is 1.86. The van der Waals surface area contributed by atoms with Crippen molar-refractivity contribution in [3.8, 4) is 0 Å². The van der Waals surface area contributed by atoms with Crippen LogP contribution in [0.3, 0.4) is 0 Å². The number of hydrogen-bond acceptors (Lipinski definition) is 3. The van der Waals surface area contributed by atoms with Crippen molar-refractivity contribution in [2.24, 2.45) is 0 Å². The molecule has 0 spiro atoms. The van der Waals surface area contributed by atoms with Crippen LogP contribution < -0.4 is 5.30 Å². The van der Waals surface area contributed by atoms with Crippen LogP contribution in [-0.2, 0) is 9.09 Å². The normalized spacial score (nSPS) is 12.1.